The molecule has 0 atom stereocenters. The van der Waals surface area contributed by atoms with E-state index in [2.05, 4.69) is 75.7 Å². The average Bonchev–Trinajstić information content (AvgIpc) is 3.14. The number of benzene rings is 2. The zero-order valence-corrected chi connectivity index (χ0v) is 22.4. The predicted molar refractivity (Wildman–Crippen MR) is 142 cm³/mol. The summed E-state index contributed by atoms with van der Waals surface area (Å²) in [6.07, 6.45) is 3.27. The Bertz CT molecular complexity index is 1210. The minimum atomic E-state index is -0.433. The molecule has 0 unspecified atom stereocenters. The van der Waals surface area contributed by atoms with Crippen molar-refractivity contribution < 1.29 is 14.3 Å². The van der Waals surface area contributed by atoms with Crippen LogP contribution in [-0.2, 0) is 4.74 Å². The van der Waals surface area contributed by atoms with E-state index in [9.17, 15) is 4.79 Å². The standard InChI is InChI=1S/C29H39N3O3/c1-18(2)19-9-11-20(12-10-19)30-27-31-24-23(14-13-22(25(24)34-7)26(33)35-8)32(27)21-15-28(3,4)17-29(5,6)16-21/h9-14,18,21H,15-17H2,1-8H3,(H,30,31). The molecule has 35 heavy (non-hydrogen) atoms. The van der Waals surface area contributed by atoms with Gasteiger partial charge in [0.15, 0.2) is 5.75 Å². The first kappa shape index (κ1) is 25.1. The number of carbonyl (C=O) groups is 1. The molecule has 0 radical (unpaired) electrons. The number of anilines is 2. The summed E-state index contributed by atoms with van der Waals surface area (Å²) >= 11 is 0. The number of fused-ring (bicyclic) bond motifs is 1. The number of nitrogens with one attached hydrogen (secondary N) is 1. The molecule has 0 bridgehead atoms. The molecule has 1 fully saturated rings. The zero-order chi connectivity index (χ0) is 25.5. The molecule has 1 saturated carbocycles. The second kappa shape index (κ2) is 9.21. The first-order valence-corrected chi connectivity index (χ1v) is 12.5. The lowest BCUT2D eigenvalue weighted by atomic mass is 9.63. The van der Waals surface area contributed by atoms with Gasteiger partial charge in [0.25, 0.3) is 0 Å². The van der Waals surface area contributed by atoms with Gasteiger partial charge in [0.05, 0.1) is 19.7 Å². The van der Waals surface area contributed by atoms with Gasteiger partial charge in [0.1, 0.15) is 11.1 Å². The Balaban J connectivity index is 1.88. The number of carbonyl (C=O) groups excluding carboxylic acids is 1. The molecule has 188 valence electrons. The molecule has 1 aromatic heterocycles. The van der Waals surface area contributed by atoms with Gasteiger partial charge in [0, 0.05) is 11.7 Å². The van der Waals surface area contributed by atoms with Crippen LogP contribution in [0.1, 0.15) is 88.7 Å². The minimum Gasteiger partial charge on any atom is -0.493 e. The van der Waals surface area contributed by atoms with Crippen LogP contribution >= 0.6 is 0 Å². The topological polar surface area (TPSA) is 65.4 Å². The average molecular weight is 478 g/mol. The molecular weight excluding hydrogens is 438 g/mol. The summed E-state index contributed by atoms with van der Waals surface area (Å²) in [4.78, 5) is 17.4. The Hall–Kier alpha value is -3.02. The number of hydrogen-bond donors (Lipinski definition) is 1. The summed E-state index contributed by atoms with van der Waals surface area (Å²) < 4.78 is 13.0. The molecule has 1 aliphatic carbocycles. The Kier molecular flexibility index (Phi) is 6.60. The highest BCUT2D eigenvalue weighted by atomic mass is 16.5. The van der Waals surface area contributed by atoms with Gasteiger partial charge in [-0.25, -0.2) is 9.78 Å². The highest BCUT2D eigenvalue weighted by Gasteiger charge is 2.40. The van der Waals surface area contributed by atoms with E-state index in [1.54, 1.807) is 13.2 Å². The van der Waals surface area contributed by atoms with Crippen molar-refractivity contribution in [1.29, 1.82) is 0 Å². The third-order valence-electron chi connectivity index (χ3n) is 7.16. The number of rotatable bonds is 6. The molecule has 2 aromatic carbocycles. The zero-order valence-electron chi connectivity index (χ0n) is 22.4. The van der Waals surface area contributed by atoms with Crippen LogP contribution in [0.2, 0.25) is 0 Å². The Morgan fingerprint density at radius 3 is 2.20 bits per heavy atom. The lowest BCUT2D eigenvalue weighted by Crippen LogP contribution is -2.35. The maximum absolute atomic E-state index is 12.4. The Morgan fingerprint density at radius 1 is 1.03 bits per heavy atom. The van der Waals surface area contributed by atoms with Crippen molar-refractivity contribution in [3.8, 4) is 5.75 Å². The molecular formula is C29H39N3O3. The van der Waals surface area contributed by atoms with Gasteiger partial charge >= 0.3 is 5.97 Å². The SMILES string of the molecule is COC(=O)c1ccc2c(nc(Nc3ccc(C(C)C)cc3)n2C2CC(C)(C)CC(C)(C)C2)c1OC. The molecule has 0 amide bonds. The quantitative estimate of drug-likeness (QED) is 0.373. The van der Waals surface area contributed by atoms with Crippen molar-refractivity contribution in [2.24, 2.45) is 10.8 Å². The Morgan fingerprint density at radius 2 is 1.66 bits per heavy atom. The molecule has 1 N–H and O–H groups in total. The Labute approximate surface area is 209 Å². The largest absolute Gasteiger partial charge is 0.493 e. The smallest absolute Gasteiger partial charge is 0.341 e. The number of hydrogen-bond acceptors (Lipinski definition) is 5. The maximum Gasteiger partial charge on any atom is 0.341 e. The fraction of sp³-hybridized carbons (Fsp3) is 0.517. The van der Waals surface area contributed by atoms with E-state index in [4.69, 9.17) is 14.5 Å². The summed E-state index contributed by atoms with van der Waals surface area (Å²) in [6.45, 7) is 13.8. The van der Waals surface area contributed by atoms with Crippen molar-refractivity contribution >= 4 is 28.6 Å². The second-order valence-electron chi connectivity index (χ2n) is 11.8. The van der Waals surface area contributed by atoms with Crippen LogP contribution in [0, 0.1) is 10.8 Å². The van der Waals surface area contributed by atoms with E-state index in [0.717, 1.165) is 30.0 Å². The predicted octanol–water partition coefficient (Wildman–Crippen LogP) is 7.48. The van der Waals surface area contributed by atoms with Crippen LogP contribution in [0.15, 0.2) is 36.4 Å². The van der Waals surface area contributed by atoms with E-state index < -0.39 is 5.97 Å². The maximum atomic E-state index is 12.4. The molecule has 6 heteroatoms. The molecule has 0 aliphatic heterocycles. The lowest BCUT2D eigenvalue weighted by Gasteiger charge is -2.45. The van der Waals surface area contributed by atoms with Gasteiger partial charge in [0.2, 0.25) is 5.95 Å². The summed E-state index contributed by atoms with van der Waals surface area (Å²) in [6, 6.07) is 12.5. The number of imidazole rings is 1. The van der Waals surface area contributed by atoms with Gasteiger partial charge in [-0.05, 0) is 65.8 Å². The van der Waals surface area contributed by atoms with Gasteiger partial charge in [-0.1, -0.05) is 53.7 Å². The van der Waals surface area contributed by atoms with Crippen LogP contribution in [0.5, 0.6) is 5.75 Å². The number of nitrogens with zero attached hydrogens (tertiary/aromatic N) is 2. The van der Waals surface area contributed by atoms with Gasteiger partial charge < -0.3 is 19.4 Å². The number of esters is 1. The third-order valence-corrected chi connectivity index (χ3v) is 7.16. The third kappa shape index (κ3) is 5.02. The molecule has 1 heterocycles. The van der Waals surface area contributed by atoms with Crippen molar-refractivity contribution in [1.82, 2.24) is 9.55 Å². The molecule has 1 aliphatic rings. The summed E-state index contributed by atoms with van der Waals surface area (Å²) in [5.41, 5.74) is 4.68. The normalized spacial score (nSPS) is 17.5. The van der Waals surface area contributed by atoms with Crippen molar-refractivity contribution in [3.05, 3.63) is 47.5 Å². The number of ether oxygens (including phenoxy) is 2. The van der Waals surface area contributed by atoms with E-state index in [0.29, 0.717) is 22.7 Å². The highest BCUT2D eigenvalue weighted by Crippen LogP contribution is 2.52. The molecule has 4 rings (SSSR count). The summed E-state index contributed by atoms with van der Waals surface area (Å²) in [5.74, 6) is 1.25. The fourth-order valence-electron chi connectivity index (χ4n) is 6.12. The highest BCUT2D eigenvalue weighted by molar-refractivity contribution is 6.00. The number of methoxy groups -OCH3 is 2. The van der Waals surface area contributed by atoms with Gasteiger partial charge in [-0.15, -0.1) is 0 Å². The van der Waals surface area contributed by atoms with Crippen molar-refractivity contribution in [2.45, 2.75) is 72.8 Å². The molecule has 0 spiro atoms. The minimum absolute atomic E-state index is 0.204. The molecule has 0 saturated heterocycles. The molecule has 3 aromatic rings. The van der Waals surface area contributed by atoms with Crippen LogP contribution < -0.4 is 10.1 Å². The number of aromatic nitrogens is 2. The van der Waals surface area contributed by atoms with E-state index in [1.165, 1.54) is 19.1 Å². The van der Waals surface area contributed by atoms with Crippen molar-refractivity contribution in [3.63, 3.8) is 0 Å². The first-order chi connectivity index (χ1) is 16.4. The first-order valence-electron chi connectivity index (χ1n) is 12.5. The van der Waals surface area contributed by atoms with Crippen LogP contribution in [0.3, 0.4) is 0 Å². The van der Waals surface area contributed by atoms with Gasteiger partial charge in [-0.3, -0.25) is 0 Å². The van der Waals surface area contributed by atoms with Crippen LogP contribution in [0.25, 0.3) is 11.0 Å². The van der Waals surface area contributed by atoms with E-state index in [-0.39, 0.29) is 16.9 Å². The van der Waals surface area contributed by atoms with Crippen molar-refractivity contribution in [2.75, 3.05) is 19.5 Å². The summed E-state index contributed by atoms with van der Waals surface area (Å²) in [7, 11) is 2.95. The fourth-order valence-corrected chi connectivity index (χ4v) is 6.12. The van der Waals surface area contributed by atoms with Crippen LogP contribution in [-0.4, -0.2) is 29.7 Å². The second-order valence-corrected chi connectivity index (χ2v) is 11.8. The van der Waals surface area contributed by atoms with Crippen LogP contribution in [0.4, 0.5) is 11.6 Å². The monoisotopic (exact) mass is 477 g/mol. The summed E-state index contributed by atoms with van der Waals surface area (Å²) in [5, 5.41) is 3.57. The lowest BCUT2D eigenvalue weighted by molar-refractivity contribution is 0.0597. The van der Waals surface area contributed by atoms with Gasteiger partial charge in [-0.2, -0.15) is 0 Å². The van der Waals surface area contributed by atoms with E-state index in [1.807, 2.05) is 6.07 Å². The van der Waals surface area contributed by atoms with E-state index >= 15 is 0 Å². The molecule has 6 nitrogen and oxygen atoms in total.